The number of piperazine rings is 1. The molecule has 0 unspecified atom stereocenters. The first-order valence-electron chi connectivity index (χ1n) is 11.6. The predicted octanol–water partition coefficient (Wildman–Crippen LogP) is 3.17. The van der Waals surface area contributed by atoms with E-state index in [9.17, 15) is 9.59 Å². The highest BCUT2D eigenvalue weighted by molar-refractivity contribution is 6.31. The van der Waals surface area contributed by atoms with Crippen molar-refractivity contribution in [3.8, 4) is 0 Å². The van der Waals surface area contributed by atoms with Gasteiger partial charge in [0, 0.05) is 56.4 Å². The van der Waals surface area contributed by atoms with Crippen molar-refractivity contribution in [3.63, 3.8) is 0 Å². The number of anilines is 1. The first-order valence-corrected chi connectivity index (χ1v) is 12.0. The van der Waals surface area contributed by atoms with Gasteiger partial charge in [-0.1, -0.05) is 41.9 Å². The average molecular weight is 489 g/mol. The van der Waals surface area contributed by atoms with E-state index >= 15 is 0 Å². The highest BCUT2D eigenvalue weighted by Crippen LogP contribution is 2.19. The second kappa shape index (κ2) is 10.2. The average Bonchev–Trinajstić information content (AvgIpc) is 2.90. The molecule has 0 aliphatic carbocycles. The van der Waals surface area contributed by atoms with Gasteiger partial charge < -0.3 is 14.4 Å². The Kier molecular flexibility index (Phi) is 6.72. The molecule has 178 valence electrons. The molecule has 35 heavy (non-hydrogen) atoms. The fraction of sp³-hybridized carbons (Fsp3) is 0.269. The number of rotatable bonds is 6. The SMILES string of the molecule is O=C(CCc1nc2cc(Cl)ccc2n(Cc2ccccc2)c1=O)N1CCN(c2ncccn2)CC1. The van der Waals surface area contributed by atoms with Crippen LogP contribution in [0, 0.1) is 0 Å². The fourth-order valence-electron chi connectivity index (χ4n) is 4.35. The maximum absolute atomic E-state index is 13.4. The summed E-state index contributed by atoms with van der Waals surface area (Å²) in [6.07, 6.45) is 3.93. The fourth-order valence-corrected chi connectivity index (χ4v) is 4.52. The molecule has 1 fully saturated rings. The molecule has 0 spiro atoms. The van der Waals surface area contributed by atoms with Gasteiger partial charge in [0.05, 0.1) is 17.6 Å². The van der Waals surface area contributed by atoms with Crippen LogP contribution < -0.4 is 10.5 Å². The predicted molar refractivity (Wildman–Crippen MR) is 136 cm³/mol. The summed E-state index contributed by atoms with van der Waals surface area (Å²) in [4.78, 5) is 43.4. The number of aromatic nitrogens is 4. The van der Waals surface area contributed by atoms with Gasteiger partial charge >= 0.3 is 0 Å². The van der Waals surface area contributed by atoms with Crippen LogP contribution in [-0.4, -0.2) is 56.5 Å². The molecule has 2 aromatic carbocycles. The Labute approximate surface area is 207 Å². The number of benzene rings is 2. The van der Waals surface area contributed by atoms with Crippen molar-refractivity contribution in [2.75, 3.05) is 31.1 Å². The molecule has 0 saturated carbocycles. The van der Waals surface area contributed by atoms with E-state index in [1.54, 1.807) is 35.2 Å². The third-order valence-corrected chi connectivity index (χ3v) is 6.44. The van der Waals surface area contributed by atoms with E-state index in [4.69, 9.17) is 11.6 Å². The van der Waals surface area contributed by atoms with Crippen LogP contribution in [0.15, 0.2) is 71.8 Å². The molecule has 0 atom stereocenters. The highest BCUT2D eigenvalue weighted by atomic mass is 35.5. The molecular formula is C26H25ClN6O2. The molecule has 1 aliphatic heterocycles. The Bertz CT molecular complexity index is 1390. The van der Waals surface area contributed by atoms with Crippen molar-refractivity contribution < 1.29 is 4.79 Å². The van der Waals surface area contributed by atoms with Crippen LogP contribution in [0.25, 0.3) is 11.0 Å². The normalized spacial score (nSPS) is 13.9. The Morgan fingerprint density at radius 3 is 2.43 bits per heavy atom. The molecule has 0 N–H and O–H groups in total. The quantitative estimate of drug-likeness (QED) is 0.414. The van der Waals surface area contributed by atoms with E-state index < -0.39 is 0 Å². The third kappa shape index (κ3) is 5.17. The number of amides is 1. The van der Waals surface area contributed by atoms with Crippen LogP contribution in [0.4, 0.5) is 5.95 Å². The zero-order valence-electron chi connectivity index (χ0n) is 19.2. The summed E-state index contributed by atoms with van der Waals surface area (Å²) in [5, 5.41) is 0.553. The maximum Gasteiger partial charge on any atom is 0.273 e. The topological polar surface area (TPSA) is 84.2 Å². The minimum atomic E-state index is -0.178. The molecule has 1 saturated heterocycles. The Morgan fingerprint density at radius 1 is 0.943 bits per heavy atom. The Hall–Kier alpha value is -3.78. The van der Waals surface area contributed by atoms with Gasteiger partial charge in [0.1, 0.15) is 5.69 Å². The van der Waals surface area contributed by atoms with Gasteiger partial charge in [-0.2, -0.15) is 0 Å². The number of hydrogen-bond donors (Lipinski definition) is 0. The number of fused-ring (bicyclic) bond motifs is 1. The lowest BCUT2D eigenvalue weighted by molar-refractivity contribution is -0.131. The van der Waals surface area contributed by atoms with Gasteiger partial charge in [-0.05, 0) is 29.8 Å². The zero-order valence-corrected chi connectivity index (χ0v) is 19.9. The van der Waals surface area contributed by atoms with Gasteiger partial charge in [-0.3, -0.25) is 9.59 Å². The number of halogens is 1. The third-order valence-electron chi connectivity index (χ3n) is 6.20. The van der Waals surface area contributed by atoms with E-state index in [1.165, 1.54) is 0 Å². The molecule has 9 heteroatoms. The van der Waals surface area contributed by atoms with Gasteiger partial charge in [0.15, 0.2) is 0 Å². The van der Waals surface area contributed by atoms with Gasteiger partial charge in [-0.15, -0.1) is 0 Å². The van der Waals surface area contributed by atoms with Crippen LogP contribution in [-0.2, 0) is 17.8 Å². The second-order valence-electron chi connectivity index (χ2n) is 8.49. The standard InChI is InChI=1S/C26H25ClN6O2/c27-20-7-9-23-22(17-20)30-21(25(35)33(23)18-19-5-2-1-3-6-19)8-10-24(34)31-13-15-32(16-14-31)26-28-11-4-12-29-26/h1-7,9,11-12,17H,8,10,13-16,18H2. The molecular weight excluding hydrogens is 464 g/mol. The van der Waals surface area contributed by atoms with Gasteiger partial charge in [-0.25, -0.2) is 15.0 Å². The smallest absolute Gasteiger partial charge is 0.273 e. The van der Waals surface area contributed by atoms with Crippen molar-refractivity contribution in [3.05, 3.63) is 93.6 Å². The molecule has 5 rings (SSSR count). The molecule has 2 aromatic heterocycles. The minimum Gasteiger partial charge on any atom is -0.339 e. The summed E-state index contributed by atoms with van der Waals surface area (Å²) < 4.78 is 1.71. The summed E-state index contributed by atoms with van der Waals surface area (Å²) in [5.41, 5.74) is 2.58. The maximum atomic E-state index is 13.4. The van der Waals surface area contributed by atoms with Crippen LogP contribution in [0.1, 0.15) is 17.7 Å². The van der Waals surface area contributed by atoms with Crippen molar-refractivity contribution in [2.24, 2.45) is 0 Å². The zero-order chi connectivity index (χ0) is 24.2. The first-order chi connectivity index (χ1) is 17.1. The molecule has 0 bridgehead atoms. The summed E-state index contributed by atoms with van der Waals surface area (Å²) in [5.74, 6) is 0.693. The number of carbonyl (C=O) groups is 1. The number of aryl methyl sites for hydroxylation is 1. The van der Waals surface area contributed by atoms with Gasteiger partial charge in [0.2, 0.25) is 11.9 Å². The Morgan fingerprint density at radius 2 is 1.69 bits per heavy atom. The van der Waals surface area contributed by atoms with Crippen molar-refractivity contribution in [1.29, 1.82) is 0 Å². The molecule has 1 amide bonds. The molecule has 4 aromatic rings. The number of nitrogens with zero attached hydrogens (tertiary/aromatic N) is 6. The summed E-state index contributed by atoms with van der Waals surface area (Å²) in [7, 11) is 0. The van der Waals surface area contributed by atoms with Crippen molar-refractivity contribution in [2.45, 2.75) is 19.4 Å². The van der Waals surface area contributed by atoms with E-state index in [-0.39, 0.29) is 24.3 Å². The lowest BCUT2D eigenvalue weighted by Crippen LogP contribution is -2.49. The number of carbonyl (C=O) groups excluding carboxylic acids is 1. The summed E-state index contributed by atoms with van der Waals surface area (Å²) in [6, 6.07) is 16.9. The highest BCUT2D eigenvalue weighted by Gasteiger charge is 2.23. The lowest BCUT2D eigenvalue weighted by Gasteiger charge is -2.34. The summed E-state index contributed by atoms with van der Waals surface area (Å²) in [6.45, 7) is 2.95. The molecule has 8 nitrogen and oxygen atoms in total. The van der Waals surface area contributed by atoms with E-state index in [0.29, 0.717) is 54.9 Å². The lowest BCUT2D eigenvalue weighted by atomic mass is 10.1. The molecule has 0 radical (unpaired) electrons. The van der Waals surface area contributed by atoms with Crippen molar-refractivity contribution in [1.82, 2.24) is 24.4 Å². The van der Waals surface area contributed by atoms with Crippen molar-refractivity contribution >= 4 is 34.5 Å². The summed E-state index contributed by atoms with van der Waals surface area (Å²) >= 11 is 6.21. The van der Waals surface area contributed by atoms with Crippen LogP contribution in [0.5, 0.6) is 0 Å². The van der Waals surface area contributed by atoms with E-state index in [0.717, 1.165) is 11.1 Å². The Balaban J connectivity index is 1.31. The first kappa shape index (κ1) is 23.0. The monoisotopic (exact) mass is 488 g/mol. The number of hydrogen-bond acceptors (Lipinski definition) is 6. The minimum absolute atomic E-state index is 0.0145. The molecule has 1 aliphatic rings. The van der Waals surface area contributed by atoms with Crippen LogP contribution >= 0.6 is 11.6 Å². The van der Waals surface area contributed by atoms with Crippen LogP contribution in [0.2, 0.25) is 5.02 Å². The van der Waals surface area contributed by atoms with Crippen LogP contribution in [0.3, 0.4) is 0 Å². The largest absolute Gasteiger partial charge is 0.339 e. The van der Waals surface area contributed by atoms with E-state index in [1.807, 2.05) is 41.3 Å². The molecule has 3 heterocycles. The van der Waals surface area contributed by atoms with Gasteiger partial charge in [0.25, 0.3) is 5.56 Å². The van der Waals surface area contributed by atoms with E-state index in [2.05, 4.69) is 19.9 Å². The second-order valence-corrected chi connectivity index (χ2v) is 8.92.